The Morgan fingerprint density at radius 3 is 2.65 bits per heavy atom. The number of aliphatic hydroxyl groups excluding tert-OH is 1. The van der Waals surface area contributed by atoms with Crippen molar-refractivity contribution in [3.63, 3.8) is 0 Å². The van der Waals surface area contributed by atoms with Crippen LogP contribution in [-0.2, 0) is 0 Å². The number of amides is 1. The van der Waals surface area contributed by atoms with E-state index in [1.165, 1.54) is 4.68 Å². The maximum absolute atomic E-state index is 12.5. The molecule has 6 heteroatoms. The average molecular weight is 314 g/mol. The van der Waals surface area contributed by atoms with Crippen molar-refractivity contribution in [2.45, 2.75) is 19.6 Å². The molecule has 1 aliphatic heterocycles. The summed E-state index contributed by atoms with van der Waals surface area (Å²) in [5.74, 6) is 0. The van der Waals surface area contributed by atoms with Crippen molar-refractivity contribution in [1.82, 2.24) is 19.6 Å². The molecular weight excluding hydrogens is 292 g/mol. The minimum absolute atomic E-state index is 0.103. The van der Waals surface area contributed by atoms with Crippen LogP contribution in [0.5, 0.6) is 0 Å². The Labute approximate surface area is 135 Å². The number of benzene rings is 1. The second-order valence-corrected chi connectivity index (χ2v) is 5.91. The molecule has 1 unspecified atom stereocenters. The Morgan fingerprint density at radius 2 is 1.96 bits per heavy atom. The Bertz CT molecular complexity index is 656. The average Bonchev–Trinajstić information content (AvgIpc) is 2.87. The van der Waals surface area contributed by atoms with Crippen molar-refractivity contribution in [2.75, 3.05) is 26.2 Å². The number of aryl methyl sites for hydroxylation is 1. The van der Waals surface area contributed by atoms with Gasteiger partial charge in [-0.05, 0) is 24.5 Å². The van der Waals surface area contributed by atoms with Gasteiger partial charge in [0.1, 0.15) is 6.23 Å². The third-order valence-electron chi connectivity index (χ3n) is 4.15. The molecule has 1 saturated heterocycles. The molecular formula is C17H22N4O2. The monoisotopic (exact) mass is 314 g/mol. The Morgan fingerprint density at radius 1 is 1.17 bits per heavy atom. The molecule has 1 N–H and O–H groups in total. The number of aliphatic hydroxyl groups is 1. The van der Waals surface area contributed by atoms with Crippen molar-refractivity contribution in [3.05, 3.63) is 53.9 Å². The zero-order chi connectivity index (χ0) is 16.2. The van der Waals surface area contributed by atoms with Crippen LogP contribution >= 0.6 is 0 Å². The molecule has 2 heterocycles. The molecule has 23 heavy (non-hydrogen) atoms. The van der Waals surface area contributed by atoms with Crippen molar-refractivity contribution >= 4 is 6.03 Å². The maximum Gasteiger partial charge on any atom is 0.344 e. The SMILES string of the molecule is Cc1cnn(C(=O)N2CCCN(C(O)c3ccccc3)CC2)c1. The predicted octanol–water partition coefficient (Wildman–Crippen LogP) is 1.86. The molecule has 1 aliphatic rings. The Balaban J connectivity index is 1.64. The molecule has 0 bridgehead atoms. The molecule has 1 amide bonds. The number of hydrogen-bond acceptors (Lipinski definition) is 4. The molecule has 1 aromatic carbocycles. The first-order valence-electron chi connectivity index (χ1n) is 7.93. The van der Waals surface area contributed by atoms with Crippen LogP contribution in [0.1, 0.15) is 23.8 Å². The largest absolute Gasteiger partial charge is 0.374 e. The fourth-order valence-electron chi connectivity index (χ4n) is 2.87. The van der Waals surface area contributed by atoms with E-state index in [2.05, 4.69) is 5.10 Å². The molecule has 0 aliphatic carbocycles. The van der Waals surface area contributed by atoms with Gasteiger partial charge < -0.3 is 10.0 Å². The summed E-state index contributed by atoms with van der Waals surface area (Å²) in [6.07, 6.45) is 3.62. The van der Waals surface area contributed by atoms with Gasteiger partial charge in [-0.2, -0.15) is 9.78 Å². The highest BCUT2D eigenvalue weighted by atomic mass is 16.3. The summed E-state index contributed by atoms with van der Waals surface area (Å²) in [5, 5.41) is 14.6. The molecule has 1 fully saturated rings. The summed E-state index contributed by atoms with van der Waals surface area (Å²) in [6.45, 7) is 4.58. The van der Waals surface area contributed by atoms with Gasteiger partial charge in [0.25, 0.3) is 0 Å². The fourth-order valence-corrected chi connectivity index (χ4v) is 2.87. The summed E-state index contributed by atoms with van der Waals surface area (Å²) < 4.78 is 1.39. The second kappa shape index (κ2) is 6.93. The van der Waals surface area contributed by atoms with Gasteiger partial charge >= 0.3 is 6.03 Å². The van der Waals surface area contributed by atoms with Crippen LogP contribution < -0.4 is 0 Å². The number of nitrogens with zero attached hydrogens (tertiary/aromatic N) is 4. The van der Waals surface area contributed by atoms with Crippen molar-refractivity contribution in [2.24, 2.45) is 0 Å². The first-order chi connectivity index (χ1) is 11.1. The van der Waals surface area contributed by atoms with Gasteiger partial charge in [0, 0.05) is 32.4 Å². The van der Waals surface area contributed by atoms with Crippen molar-refractivity contribution in [1.29, 1.82) is 0 Å². The lowest BCUT2D eigenvalue weighted by Crippen LogP contribution is -2.38. The normalized spacial score (nSPS) is 17.7. The highest BCUT2D eigenvalue weighted by Crippen LogP contribution is 2.19. The topological polar surface area (TPSA) is 61.6 Å². The number of hydrogen-bond donors (Lipinski definition) is 1. The van der Waals surface area contributed by atoms with Crippen LogP contribution in [-0.4, -0.2) is 56.9 Å². The van der Waals surface area contributed by atoms with Gasteiger partial charge in [-0.15, -0.1) is 0 Å². The van der Waals surface area contributed by atoms with E-state index in [1.807, 2.05) is 42.2 Å². The molecule has 0 radical (unpaired) electrons. The smallest absolute Gasteiger partial charge is 0.344 e. The van der Waals surface area contributed by atoms with Gasteiger partial charge in [0.05, 0.1) is 6.20 Å². The zero-order valence-electron chi connectivity index (χ0n) is 13.3. The first-order valence-corrected chi connectivity index (χ1v) is 7.93. The minimum atomic E-state index is -0.627. The van der Waals surface area contributed by atoms with Gasteiger partial charge in [0.2, 0.25) is 0 Å². The first kappa shape index (κ1) is 15.7. The highest BCUT2D eigenvalue weighted by Gasteiger charge is 2.24. The van der Waals surface area contributed by atoms with E-state index in [-0.39, 0.29) is 6.03 Å². The summed E-state index contributed by atoms with van der Waals surface area (Å²) in [4.78, 5) is 16.3. The van der Waals surface area contributed by atoms with E-state index in [0.29, 0.717) is 19.6 Å². The molecule has 3 rings (SSSR count). The summed E-state index contributed by atoms with van der Waals surface area (Å²) in [6, 6.07) is 9.52. The summed E-state index contributed by atoms with van der Waals surface area (Å²) in [7, 11) is 0. The van der Waals surface area contributed by atoms with E-state index < -0.39 is 6.23 Å². The van der Waals surface area contributed by atoms with Crippen LogP contribution in [0.25, 0.3) is 0 Å². The third kappa shape index (κ3) is 3.60. The van der Waals surface area contributed by atoms with E-state index in [0.717, 1.165) is 24.1 Å². The van der Waals surface area contributed by atoms with Crippen molar-refractivity contribution < 1.29 is 9.90 Å². The van der Waals surface area contributed by atoms with E-state index in [1.54, 1.807) is 17.3 Å². The number of aromatic nitrogens is 2. The molecule has 1 aromatic heterocycles. The lowest BCUT2D eigenvalue weighted by atomic mass is 10.2. The Hall–Kier alpha value is -2.18. The molecule has 122 valence electrons. The molecule has 6 nitrogen and oxygen atoms in total. The van der Waals surface area contributed by atoms with Gasteiger partial charge in [-0.1, -0.05) is 30.3 Å². The standard InChI is InChI=1S/C17H22N4O2/c1-14-12-18-21(13-14)17(23)20-9-5-8-19(10-11-20)16(22)15-6-3-2-4-7-15/h2-4,6-7,12-13,16,22H,5,8-11H2,1H3. The van der Waals surface area contributed by atoms with Crippen LogP contribution in [0.3, 0.4) is 0 Å². The van der Waals surface area contributed by atoms with Gasteiger partial charge in [-0.25, -0.2) is 4.79 Å². The number of rotatable bonds is 2. The van der Waals surface area contributed by atoms with Crippen LogP contribution in [0.4, 0.5) is 4.79 Å². The van der Waals surface area contributed by atoms with E-state index in [9.17, 15) is 9.90 Å². The van der Waals surface area contributed by atoms with Crippen LogP contribution in [0.2, 0.25) is 0 Å². The highest BCUT2D eigenvalue weighted by molar-refractivity contribution is 5.76. The Kier molecular flexibility index (Phi) is 4.73. The summed E-state index contributed by atoms with van der Waals surface area (Å²) >= 11 is 0. The molecule has 2 aromatic rings. The molecule has 0 saturated carbocycles. The fraction of sp³-hybridized carbons (Fsp3) is 0.412. The van der Waals surface area contributed by atoms with E-state index in [4.69, 9.17) is 0 Å². The summed E-state index contributed by atoms with van der Waals surface area (Å²) in [5.41, 5.74) is 1.85. The quantitative estimate of drug-likeness (QED) is 0.919. The minimum Gasteiger partial charge on any atom is -0.374 e. The van der Waals surface area contributed by atoms with Crippen LogP contribution in [0.15, 0.2) is 42.7 Å². The zero-order valence-corrected chi connectivity index (χ0v) is 13.3. The number of carbonyl (C=O) groups is 1. The number of carbonyl (C=O) groups excluding carboxylic acids is 1. The third-order valence-corrected chi connectivity index (χ3v) is 4.15. The second-order valence-electron chi connectivity index (χ2n) is 5.91. The molecule has 0 spiro atoms. The van der Waals surface area contributed by atoms with Gasteiger partial charge in [-0.3, -0.25) is 4.90 Å². The van der Waals surface area contributed by atoms with Crippen LogP contribution in [0, 0.1) is 6.92 Å². The molecule has 1 atom stereocenters. The lowest BCUT2D eigenvalue weighted by molar-refractivity contribution is 0.00500. The van der Waals surface area contributed by atoms with Gasteiger partial charge in [0.15, 0.2) is 0 Å². The lowest BCUT2D eigenvalue weighted by Gasteiger charge is -2.26. The maximum atomic E-state index is 12.5. The van der Waals surface area contributed by atoms with Crippen molar-refractivity contribution in [3.8, 4) is 0 Å². The van der Waals surface area contributed by atoms with E-state index >= 15 is 0 Å². The predicted molar refractivity (Wildman–Crippen MR) is 86.9 cm³/mol.